The Morgan fingerprint density at radius 2 is 1.85 bits per heavy atom. The number of urea groups is 1. The van der Waals surface area contributed by atoms with Gasteiger partial charge >= 0.3 is 6.03 Å². The molecule has 0 unspecified atom stereocenters. The summed E-state index contributed by atoms with van der Waals surface area (Å²) >= 11 is 0. The summed E-state index contributed by atoms with van der Waals surface area (Å²) in [6, 6.07) is 9.92. The number of amides is 2. The van der Waals surface area contributed by atoms with Crippen LogP contribution in [-0.4, -0.2) is 54.0 Å². The number of nitrogens with zero attached hydrogens (tertiary/aromatic N) is 3. The van der Waals surface area contributed by atoms with Crippen LogP contribution in [0.2, 0.25) is 0 Å². The SMILES string of the molecule is CN(C)[C@H]1[C@@H]2CN(C(=O)Nc3nc(-c4ccc(F)cc4)ccc3N)C[C@@H]21. The lowest BCUT2D eigenvalue weighted by molar-refractivity contribution is 0.209. The highest BCUT2D eigenvalue weighted by Gasteiger charge is 2.57. The standard InChI is InChI=1S/C19H22FN5O/c1-24(2)17-13-9-25(10-14(13)17)19(26)23-18-15(21)7-8-16(22-18)11-3-5-12(20)6-4-11/h3-8,13-14,17H,9-10,21H2,1-2H3,(H,22,23,26)/t13-,14+,17+. The van der Waals surface area contributed by atoms with Gasteiger partial charge in [-0.3, -0.25) is 5.32 Å². The van der Waals surface area contributed by atoms with Crippen LogP contribution >= 0.6 is 0 Å². The predicted octanol–water partition coefficient (Wildman–Crippen LogP) is 2.49. The van der Waals surface area contributed by atoms with Crippen LogP contribution in [0.15, 0.2) is 36.4 Å². The molecule has 1 saturated heterocycles. The molecule has 7 heteroatoms. The molecule has 2 amide bonds. The van der Waals surface area contributed by atoms with Crippen LogP contribution in [0.3, 0.4) is 0 Å². The number of anilines is 2. The van der Waals surface area contributed by atoms with Crippen molar-refractivity contribution in [3.05, 3.63) is 42.2 Å². The number of piperidine rings is 1. The van der Waals surface area contributed by atoms with Crippen molar-refractivity contribution in [2.75, 3.05) is 38.2 Å². The number of carbonyl (C=O) groups is 1. The van der Waals surface area contributed by atoms with Crippen LogP contribution < -0.4 is 11.1 Å². The zero-order chi connectivity index (χ0) is 18.4. The molecule has 1 saturated carbocycles. The van der Waals surface area contributed by atoms with Crippen molar-refractivity contribution in [2.45, 2.75) is 6.04 Å². The van der Waals surface area contributed by atoms with Gasteiger partial charge < -0.3 is 15.5 Å². The second-order valence-electron chi connectivity index (χ2n) is 7.26. The number of halogens is 1. The Balaban J connectivity index is 1.46. The third-order valence-electron chi connectivity index (χ3n) is 5.32. The Hall–Kier alpha value is -2.67. The molecule has 1 aliphatic heterocycles. The highest BCUT2D eigenvalue weighted by molar-refractivity contribution is 5.92. The largest absolute Gasteiger partial charge is 0.396 e. The van der Waals surface area contributed by atoms with E-state index in [1.165, 1.54) is 12.1 Å². The van der Waals surface area contributed by atoms with Gasteiger partial charge in [0.05, 0.1) is 11.4 Å². The average molecular weight is 355 g/mol. The number of likely N-dealkylation sites (tertiary alicyclic amines) is 1. The number of hydrogen-bond donors (Lipinski definition) is 2. The molecule has 6 nitrogen and oxygen atoms in total. The fourth-order valence-electron chi connectivity index (χ4n) is 3.96. The monoisotopic (exact) mass is 355 g/mol. The Labute approximate surface area is 151 Å². The topological polar surface area (TPSA) is 74.5 Å². The van der Waals surface area contributed by atoms with Crippen molar-refractivity contribution in [1.29, 1.82) is 0 Å². The summed E-state index contributed by atoms with van der Waals surface area (Å²) in [6.07, 6.45) is 0. The lowest BCUT2D eigenvalue weighted by Crippen LogP contribution is -2.38. The molecule has 26 heavy (non-hydrogen) atoms. The minimum absolute atomic E-state index is 0.176. The first-order chi connectivity index (χ1) is 12.4. The molecule has 136 valence electrons. The molecular weight excluding hydrogens is 333 g/mol. The fourth-order valence-corrected chi connectivity index (χ4v) is 3.96. The maximum Gasteiger partial charge on any atom is 0.323 e. The first-order valence-electron chi connectivity index (χ1n) is 8.69. The second kappa shape index (κ2) is 6.25. The lowest BCUT2D eigenvalue weighted by atomic mass is 10.1. The number of pyridine rings is 1. The maximum atomic E-state index is 13.1. The number of rotatable bonds is 3. The molecule has 2 fully saturated rings. The molecule has 0 bridgehead atoms. The van der Waals surface area contributed by atoms with Crippen LogP contribution in [0.1, 0.15) is 0 Å². The molecule has 3 N–H and O–H groups in total. The lowest BCUT2D eigenvalue weighted by Gasteiger charge is -2.22. The molecule has 2 aromatic rings. The van der Waals surface area contributed by atoms with Gasteiger partial charge in [0, 0.05) is 24.7 Å². The summed E-state index contributed by atoms with van der Waals surface area (Å²) in [5.41, 5.74) is 7.77. The van der Waals surface area contributed by atoms with E-state index in [1.807, 2.05) is 4.90 Å². The van der Waals surface area contributed by atoms with Crippen LogP contribution in [0.4, 0.5) is 20.7 Å². The molecule has 1 aliphatic carbocycles. The fraction of sp³-hybridized carbons (Fsp3) is 0.368. The van der Waals surface area contributed by atoms with Crippen LogP contribution in [0.25, 0.3) is 11.3 Å². The van der Waals surface area contributed by atoms with Gasteiger partial charge in [-0.15, -0.1) is 0 Å². The van der Waals surface area contributed by atoms with Crippen LogP contribution in [0.5, 0.6) is 0 Å². The average Bonchev–Trinajstić information content (AvgIpc) is 3.13. The number of nitrogens with two attached hydrogens (primary N) is 1. The van der Waals surface area contributed by atoms with Crippen molar-refractivity contribution in [3.63, 3.8) is 0 Å². The van der Waals surface area contributed by atoms with Crippen molar-refractivity contribution in [3.8, 4) is 11.3 Å². The van der Waals surface area contributed by atoms with Crippen molar-refractivity contribution in [2.24, 2.45) is 11.8 Å². The Morgan fingerprint density at radius 1 is 1.19 bits per heavy atom. The van der Waals surface area contributed by atoms with E-state index in [-0.39, 0.29) is 11.8 Å². The summed E-state index contributed by atoms with van der Waals surface area (Å²) in [7, 11) is 4.16. The highest BCUT2D eigenvalue weighted by Crippen LogP contribution is 2.48. The Bertz CT molecular complexity index is 826. The summed E-state index contributed by atoms with van der Waals surface area (Å²) in [4.78, 5) is 21.1. The van der Waals surface area contributed by atoms with E-state index in [2.05, 4.69) is 29.3 Å². The van der Waals surface area contributed by atoms with Gasteiger partial charge in [0.25, 0.3) is 0 Å². The van der Waals surface area contributed by atoms with Crippen molar-refractivity contribution >= 4 is 17.5 Å². The van der Waals surface area contributed by atoms with E-state index >= 15 is 0 Å². The number of carbonyl (C=O) groups excluding carboxylic acids is 1. The van der Waals surface area contributed by atoms with E-state index in [0.717, 1.165) is 18.7 Å². The molecular formula is C19H22FN5O. The van der Waals surface area contributed by atoms with Gasteiger partial charge in [-0.05, 0) is 62.3 Å². The Morgan fingerprint density at radius 3 is 2.46 bits per heavy atom. The Kier molecular flexibility index (Phi) is 4.03. The molecule has 1 aromatic heterocycles. The number of aromatic nitrogens is 1. The van der Waals surface area contributed by atoms with Gasteiger partial charge in [-0.2, -0.15) is 0 Å². The third kappa shape index (κ3) is 2.99. The first kappa shape index (κ1) is 16.8. The molecule has 3 atom stereocenters. The van der Waals surface area contributed by atoms with E-state index in [4.69, 9.17) is 5.73 Å². The molecule has 2 aliphatic rings. The smallest absolute Gasteiger partial charge is 0.323 e. The third-order valence-corrected chi connectivity index (χ3v) is 5.32. The number of benzene rings is 1. The van der Waals surface area contributed by atoms with Crippen molar-refractivity contribution in [1.82, 2.24) is 14.8 Å². The van der Waals surface area contributed by atoms with Crippen LogP contribution in [-0.2, 0) is 0 Å². The van der Waals surface area contributed by atoms with Crippen LogP contribution in [0, 0.1) is 17.7 Å². The zero-order valence-corrected chi connectivity index (χ0v) is 14.8. The number of nitrogens with one attached hydrogen (secondary N) is 1. The molecule has 0 radical (unpaired) electrons. The molecule has 4 rings (SSSR count). The predicted molar refractivity (Wildman–Crippen MR) is 99.1 cm³/mol. The second-order valence-corrected chi connectivity index (χ2v) is 7.26. The summed E-state index contributed by atoms with van der Waals surface area (Å²) in [5, 5.41) is 2.82. The first-order valence-corrected chi connectivity index (χ1v) is 8.69. The zero-order valence-electron chi connectivity index (χ0n) is 14.8. The quantitative estimate of drug-likeness (QED) is 0.887. The van der Waals surface area contributed by atoms with Gasteiger partial charge in [0.1, 0.15) is 5.82 Å². The number of hydrogen-bond acceptors (Lipinski definition) is 4. The molecule has 1 aromatic carbocycles. The summed E-state index contributed by atoms with van der Waals surface area (Å²) in [6.45, 7) is 1.52. The molecule has 2 heterocycles. The van der Waals surface area contributed by atoms with Gasteiger partial charge in [0.15, 0.2) is 5.82 Å². The van der Waals surface area contributed by atoms with E-state index in [1.54, 1.807) is 24.3 Å². The highest BCUT2D eigenvalue weighted by atomic mass is 19.1. The summed E-state index contributed by atoms with van der Waals surface area (Å²) in [5.74, 6) is 1.15. The van der Waals surface area contributed by atoms with Gasteiger partial charge in [-0.25, -0.2) is 14.2 Å². The molecule has 0 spiro atoms. The van der Waals surface area contributed by atoms with Gasteiger partial charge in [0.2, 0.25) is 0 Å². The minimum Gasteiger partial charge on any atom is -0.396 e. The normalized spacial score (nSPS) is 23.8. The van der Waals surface area contributed by atoms with E-state index in [9.17, 15) is 9.18 Å². The van der Waals surface area contributed by atoms with E-state index < -0.39 is 0 Å². The van der Waals surface area contributed by atoms with Gasteiger partial charge in [-0.1, -0.05) is 0 Å². The summed E-state index contributed by atoms with van der Waals surface area (Å²) < 4.78 is 13.1. The minimum atomic E-state index is -0.304. The van der Waals surface area contributed by atoms with E-state index in [0.29, 0.717) is 35.1 Å². The maximum absolute atomic E-state index is 13.1. The number of nitrogen functional groups attached to an aromatic ring is 1. The van der Waals surface area contributed by atoms with Crippen molar-refractivity contribution < 1.29 is 9.18 Å². The number of fused-ring (bicyclic) bond motifs is 1.